The van der Waals surface area contributed by atoms with Crippen LogP contribution in [0.15, 0.2) is 24.3 Å². The molecule has 1 unspecified atom stereocenters. The highest BCUT2D eigenvalue weighted by molar-refractivity contribution is 5.58. The van der Waals surface area contributed by atoms with Gasteiger partial charge in [0.15, 0.2) is 0 Å². The molecule has 1 atom stereocenters. The third-order valence-corrected chi connectivity index (χ3v) is 4.86. The largest absolute Gasteiger partial charge is 0.495 e. The summed E-state index contributed by atoms with van der Waals surface area (Å²) >= 11 is 0. The first kappa shape index (κ1) is 14.7. The Kier molecular flexibility index (Phi) is 4.36. The lowest BCUT2D eigenvalue weighted by atomic mass is 9.89. The fourth-order valence-electron chi connectivity index (χ4n) is 3.58. The van der Waals surface area contributed by atoms with E-state index in [0.29, 0.717) is 5.41 Å². The number of piperazine rings is 1. The topological polar surface area (TPSA) is 27.7 Å². The summed E-state index contributed by atoms with van der Waals surface area (Å²) in [6.45, 7) is 10.5. The maximum atomic E-state index is 5.49. The van der Waals surface area contributed by atoms with Gasteiger partial charge < -0.3 is 15.0 Å². The minimum Gasteiger partial charge on any atom is -0.495 e. The Bertz CT molecular complexity index is 463. The van der Waals surface area contributed by atoms with Gasteiger partial charge in [0.25, 0.3) is 0 Å². The summed E-state index contributed by atoms with van der Waals surface area (Å²) in [4.78, 5) is 5.07. The van der Waals surface area contributed by atoms with Crippen LogP contribution in [-0.2, 0) is 0 Å². The Balaban J connectivity index is 1.57. The number of hydrogen-bond donors (Lipinski definition) is 1. The van der Waals surface area contributed by atoms with Crippen LogP contribution in [0.2, 0.25) is 0 Å². The molecule has 2 heterocycles. The highest BCUT2D eigenvalue weighted by Crippen LogP contribution is 2.30. The van der Waals surface area contributed by atoms with Gasteiger partial charge in [0.05, 0.1) is 12.8 Å². The van der Waals surface area contributed by atoms with Gasteiger partial charge in [-0.3, -0.25) is 4.90 Å². The maximum absolute atomic E-state index is 5.49. The predicted octanol–water partition coefficient (Wildman–Crippen LogP) is 1.82. The van der Waals surface area contributed by atoms with Gasteiger partial charge in [-0.15, -0.1) is 0 Å². The van der Waals surface area contributed by atoms with Crippen molar-refractivity contribution in [2.45, 2.75) is 13.3 Å². The molecular formula is C17H27N3O. The molecule has 0 saturated carbocycles. The maximum Gasteiger partial charge on any atom is 0.142 e. The Morgan fingerprint density at radius 1 is 1.19 bits per heavy atom. The second-order valence-electron chi connectivity index (χ2n) is 6.67. The van der Waals surface area contributed by atoms with Crippen molar-refractivity contribution >= 4 is 5.69 Å². The Labute approximate surface area is 128 Å². The molecule has 1 aromatic rings. The molecular weight excluding hydrogens is 262 g/mol. The van der Waals surface area contributed by atoms with E-state index in [4.69, 9.17) is 4.74 Å². The van der Waals surface area contributed by atoms with Crippen molar-refractivity contribution in [3.05, 3.63) is 24.3 Å². The fourth-order valence-corrected chi connectivity index (χ4v) is 3.58. The van der Waals surface area contributed by atoms with Gasteiger partial charge in [-0.05, 0) is 30.5 Å². The van der Waals surface area contributed by atoms with Gasteiger partial charge in [-0.1, -0.05) is 19.1 Å². The SMILES string of the molecule is COc1ccccc1N1CCN(CC2(C)CCNC2)CC1. The first-order valence-corrected chi connectivity index (χ1v) is 8.01. The molecule has 1 aromatic carbocycles. The van der Waals surface area contributed by atoms with Crippen LogP contribution in [0.25, 0.3) is 0 Å². The molecule has 2 saturated heterocycles. The van der Waals surface area contributed by atoms with Crippen LogP contribution >= 0.6 is 0 Å². The average Bonchev–Trinajstić information content (AvgIpc) is 2.94. The minimum atomic E-state index is 0.465. The summed E-state index contributed by atoms with van der Waals surface area (Å²) in [6, 6.07) is 8.34. The molecule has 0 aliphatic carbocycles. The molecule has 4 heteroatoms. The van der Waals surface area contributed by atoms with Gasteiger partial charge in [0.1, 0.15) is 5.75 Å². The van der Waals surface area contributed by atoms with Crippen LogP contribution in [0.5, 0.6) is 5.75 Å². The second kappa shape index (κ2) is 6.24. The third-order valence-electron chi connectivity index (χ3n) is 4.86. The molecule has 3 rings (SSSR count). The van der Waals surface area contributed by atoms with Crippen LogP contribution in [-0.4, -0.2) is 57.8 Å². The number of hydrogen-bond acceptors (Lipinski definition) is 4. The van der Waals surface area contributed by atoms with Crippen molar-refractivity contribution in [1.29, 1.82) is 0 Å². The van der Waals surface area contributed by atoms with E-state index in [2.05, 4.69) is 34.2 Å². The van der Waals surface area contributed by atoms with E-state index in [0.717, 1.165) is 31.9 Å². The zero-order valence-electron chi connectivity index (χ0n) is 13.3. The van der Waals surface area contributed by atoms with E-state index in [1.807, 2.05) is 12.1 Å². The summed E-state index contributed by atoms with van der Waals surface area (Å²) in [5, 5.41) is 3.50. The summed E-state index contributed by atoms with van der Waals surface area (Å²) in [5.41, 5.74) is 1.69. The summed E-state index contributed by atoms with van der Waals surface area (Å²) < 4.78 is 5.49. The summed E-state index contributed by atoms with van der Waals surface area (Å²) in [6.07, 6.45) is 1.31. The quantitative estimate of drug-likeness (QED) is 0.915. The zero-order chi connectivity index (χ0) is 14.7. The van der Waals surface area contributed by atoms with Crippen molar-refractivity contribution in [1.82, 2.24) is 10.2 Å². The van der Waals surface area contributed by atoms with Crippen LogP contribution in [0.3, 0.4) is 0 Å². The fraction of sp³-hybridized carbons (Fsp3) is 0.647. The molecule has 1 N–H and O–H groups in total. The smallest absolute Gasteiger partial charge is 0.142 e. The Morgan fingerprint density at radius 3 is 2.62 bits per heavy atom. The van der Waals surface area contributed by atoms with Crippen LogP contribution in [0, 0.1) is 5.41 Å². The molecule has 0 aromatic heterocycles. The molecule has 2 fully saturated rings. The molecule has 2 aliphatic heterocycles. The Hall–Kier alpha value is -1.26. The number of rotatable bonds is 4. The van der Waals surface area contributed by atoms with Gasteiger partial charge in [-0.2, -0.15) is 0 Å². The number of nitrogens with zero attached hydrogens (tertiary/aromatic N) is 2. The van der Waals surface area contributed by atoms with Gasteiger partial charge >= 0.3 is 0 Å². The minimum absolute atomic E-state index is 0.465. The molecule has 116 valence electrons. The van der Waals surface area contributed by atoms with Crippen LogP contribution < -0.4 is 15.0 Å². The summed E-state index contributed by atoms with van der Waals surface area (Å²) in [5.74, 6) is 0.984. The molecule has 4 nitrogen and oxygen atoms in total. The average molecular weight is 289 g/mol. The van der Waals surface area contributed by atoms with E-state index < -0.39 is 0 Å². The van der Waals surface area contributed by atoms with E-state index >= 15 is 0 Å². The lowest BCUT2D eigenvalue weighted by molar-refractivity contribution is 0.169. The van der Waals surface area contributed by atoms with Crippen molar-refractivity contribution in [3.63, 3.8) is 0 Å². The van der Waals surface area contributed by atoms with Crippen molar-refractivity contribution < 1.29 is 4.74 Å². The standard InChI is InChI=1S/C17H27N3O/c1-17(7-8-18-13-17)14-19-9-11-20(12-10-19)15-5-3-4-6-16(15)21-2/h3-6,18H,7-14H2,1-2H3. The first-order chi connectivity index (χ1) is 10.2. The number of benzene rings is 1. The lowest BCUT2D eigenvalue weighted by Crippen LogP contribution is -2.50. The van der Waals surface area contributed by atoms with Crippen molar-refractivity contribution in [3.8, 4) is 5.75 Å². The molecule has 2 aliphatic rings. The molecule has 0 radical (unpaired) electrons. The second-order valence-corrected chi connectivity index (χ2v) is 6.67. The van der Waals surface area contributed by atoms with Gasteiger partial charge in [0, 0.05) is 39.3 Å². The highest BCUT2D eigenvalue weighted by atomic mass is 16.5. The van der Waals surface area contributed by atoms with Crippen LogP contribution in [0.1, 0.15) is 13.3 Å². The number of nitrogens with one attached hydrogen (secondary N) is 1. The number of ether oxygens (including phenoxy) is 1. The molecule has 0 bridgehead atoms. The number of methoxy groups -OCH3 is 1. The van der Waals surface area contributed by atoms with E-state index in [-0.39, 0.29) is 0 Å². The van der Waals surface area contributed by atoms with Gasteiger partial charge in [0.2, 0.25) is 0 Å². The first-order valence-electron chi connectivity index (χ1n) is 8.01. The van der Waals surface area contributed by atoms with E-state index in [1.165, 1.54) is 31.7 Å². The third kappa shape index (κ3) is 3.33. The number of anilines is 1. The number of para-hydroxylation sites is 2. The predicted molar refractivity (Wildman–Crippen MR) is 87.2 cm³/mol. The molecule has 0 amide bonds. The van der Waals surface area contributed by atoms with E-state index in [1.54, 1.807) is 7.11 Å². The van der Waals surface area contributed by atoms with Gasteiger partial charge in [-0.25, -0.2) is 0 Å². The monoisotopic (exact) mass is 289 g/mol. The van der Waals surface area contributed by atoms with Crippen LogP contribution in [0.4, 0.5) is 5.69 Å². The Morgan fingerprint density at radius 2 is 1.95 bits per heavy atom. The molecule has 21 heavy (non-hydrogen) atoms. The zero-order valence-corrected chi connectivity index (χ0v) is 13.3. The van der Waals surface area contributed by atoms with E-state index in [9.17, 15) is 0 Å². The lowest BCUT2D eigenvalue weighted by Gasteiger charge is -2.39. The van der Waals surface area contributed by atoms with Crippen molar-refractivity contribution in [2.24, 2.45) is 5.41 Å². The normalized spacial score (nSPS) is 27.0. The summed E-state index contributed by atoms with van der Waals surface area (Å²) in [7, 11) is 1.75. The molecule has 0 spiro atoms. The highest BCUT2D eigenvalue weighted by Gasteiger charge is 2.31. The van der Waals surface area contributed by atoms with Crippen molar-refractivity contribution in [2.75, 3.05) is 57.8 Å².